The van der Waals surface area contributed by atoms with Gasteiger partial charge in [0.2, 0.25) is 5.95 Å². The van der Waals surface area contributed by atoms with Crippen molar-refractivity contribution in [3.8, 4) is 0 Å². The molecular weight excluding hydrogens is 353 g/mol. The van der Waals surface area contributed by atoms with Gasteiger partial charge in [0.25, 0.3) is 5.56 Å². The number of aromatic amines is 1. The number of anilines is 1. The van der Waals surface area contributed by atoms with Crippen molar-refractivity contribution in [3.05, 3.63) is 52.2 Å². The van der Waals surface area contributed by atoms with Crippen LogP contribution in [-0.4, -0.2) is 32.0 Å². The van der Waals surface area contributed by atoms with Crippen LogP contribution in [0.4, 0.5) is 10.3 Å². The van der Waals surface area contributed by atoms with Gasteiger partial charge in [-0.1, -0.05) is 18.2 Å². The number of thioether (sulfide) groups is 1. The number of benzene rings is 1. The van der Waals surface area contributed by atoms with E-state index in [1.165, 1.54) is 6.07 Å². The Labute approximate surface area is 155 Å². The van der Waals surface area contributed by atoms with Crippen LogP contribution in [0, 0.1) is 5.82 Å². The molecule has 0 aliphatic rings. The average Bonchev–Trinajstić information content (AvgIpc) is 3.01. The van der Waals surface area contributed by atoms with Crippen LogP contribution in [0.15, 0.2) is 35.3 Å². The number of aromatic nitrogens is 4. The molecule has 1 aromatic carbocycles. The molecule has 6 nitrogen and oxygen atoms in total. The minimum Gasteiger partial charge on any atom is -0.355 e. The van der Waals surface area contributed by atoms with E-state index in [4.69, 9.17) is 0 Å². The lowest BCUT2D eigenvalue weighted by molar-refractivity contribution is 0.366. The lowest BCUT2D eigenvalue weighted by Crippen LogP contribution is -2.24. The molecule has 2 N–H and O–H groups in total. The Kier molecular flexibility index (Phi) is 5.31. The second-order valence-corrected chi connectivity index (χ2v) is 8.05. The number of nitrogens with one attached hydrogen (secondary N) is 2. The van der Waals surface area contributed by atoms with E-state index in [1.54, 1.807) is 34.8 Å². The van der Waals surface area contributed by atoms with Crippen LogP contribution in [0.2, 0.25) is 0 Å². The lowest BCUT2D eigenvalue weighted by atomic mass is 10.1. The zero-order chi connectivity index (χ0) is 18.7. The van der Waals surface area contributed by atoms with Gasteiger partial charge in [0.1, 0.15) is 11.2 Å². The molecule has 2 heterocycles. The second-order valence-electron chi connectivity index (χ2n) is 6.95. The van der Waals surface area contributed by atoms with Crippen LogP contribution in [0.1, 0.15) is 26.3 Å². The number of H-pyrrole nitrogens is 1. The Morgan fingerprint density at radius 1 is 1.31 bits per heavy atom. The lowest BCUT2D eigenvalue weighted by Gasteiger charge is -2.19. The number of hydrogen-bond acceptors (Lipinski definition) is 5. The van der Waals surface area contributed by atoms with Gasteiger partial charge in [0.15, 0.2) is 5.65 Å². The summed E-state index contributed by atoms with van der Waals surface area (Å²) in [6, 6.07) is 6.78. The van der Waals surface area contributed by atoms with Crippen LogP contribution >= 0.6 is 11.8 Å². The van der Waals surface area contributed by atoms with Crippen molar-refractivity contribution in [2.45, 2.75) is 32.1 Å². The average molecular weight is 375 g/mol. The van der Waals surface area contributed by atoms with Crippen molar-refractivity contribution < 1.29 is 4.39 Å². The highest BCUT2D eigenvalue weighted by Gasteiger charge is 2.19. The van der Waals surface area contributed by atoms with Gasteiger partial charge in [0, 0.05) is 18.1 Å². The fourth-order valence-corrected chi connectivity index (χ4v) is 3.38. The van der Waals surface area contributed by atoms with Crippen LogP contribution in [0.25, 0.3) is 11.0 Å². The highest BCUT2D eigenvalue weighted by molar-refractivity contribution is 7.98. The van der Waals surface area contributed by atoms with Crippen molar-refractivity contribution in [1.82, 2.24) is 19.7 Å². The Morgan fingerprint density at radius 2 is 2.08 bits per heavy atom. The number of fused-ring (bicyclic) bond motifs is 1. The van der Waals surface area contributed by atoms with Crippen molar-refractivity contribution in [3.63, 3.8) is 0 Å². The van der Waals surface area contributed by atoms with E-state index in [0.29, 0.717) is 34.8 Å². The fraction of sp³-hybridized carbons (Fsp3) is 0.389. The van der Waals surface area contributed by atoms with Gasteiger partial charge >= 0.3 is 0 Å². The molecule has 3 aromatic rings. The van der Waals surface area contributed by atoms with Gasteiger partial charge < -0.3 is 5.32 Å². The molecule has 3 rings (SSSR count). The Morgan fingerprint density at radius 3 is 2.81 bits per heavy atom. The topological polar surface area (TPSA) is 75.6 Å². The van der Waals surface area contributed by atoms with Crippen molar-refractivity contribution >= 4 is 28.7 Å². The smallest absolute Gasteiger partial charge is 0.263 e. The predicted molar refractivity (Wildman–Crippen MR) is 104 cm³/mol. The van der Waals surface area contributed by atoms with Crippen molar-refractivity contribution in [1.29, 1.82) is 0 Å². The molecule has 0 spiro atoms. The zero-order valence-corrected chi connectivity index (χ0v) is 15.9. The molecule has 8 heteroatoms. The molecule has 0 saturated carbocycles. The van der Waals surface area contributed by atoms with E-state index in [2.05, 4.69) is 20.4 Å². The summed E-state index contributed by atoms with van der Waals surface area (Å²) in [7, 11) is 0. The molecule has 0 saturated heterocycles. The third-order valence-electron chi connectivity index (χ3n) is 3.83. The minimum absolute atomic E-state index is 0.181. The molecule has 0 atom stereocenters. The number of hydrogen-bond donors (Lipinski definition) is 2. The van der Waals surface area contributed by atoms with E-state index < -0.39 is 0 Å². The highest BCUT2D eigenvalue weighted by Crippen LogP contribution is 2.19. The molecule has 0 fully saturated rings. The number of halogens is 1. The summed E-state index contributed by atoms with van der Waals surface area (Å²) in [5.74, 6) is 1.60. The summed E-state index contributed by atoms with van der Waals surface area (Å²) in [6.45, 7) is 6.63. The van der Waals surface area contributed by atoms with E-state index in [-0.39, 0.29) is 16.9 Å². The van der Waals surface area contributed by atoms with Crippen molar-refractivity contribution in [2.75, 3.05) is 17.6 Å². The Balaban J connectivity index is 1.62. The summed E-state index contributed by atoms with van der Waals surface area (Å²) < 4.78 is 15.3. The van der Waals surface area contributed by atoms with Gasteiger partial charge in [0.05, 0.1) is 11.7 Å². The first-order chi connectivity index (χ1) is 12.4. The summed E-state index contributed by atoms with van der Waals surface area (Å²) in [6.07, 6.45) is 1.54. The van der Waals surface area contributed by atoms with Crippen LogP contribution < -0.4 is 10.9 Å². The van der Waals surface area contributed by atoms with E-state index >= 15 is 0 Å². The number of rotatable bonds is 6. The normalized spacial score (nSPS) is 11.8. The van der Waals surface area contributed by atoms with E-state index in [1.807, 2.05) is 26.8 Å². The van der Waals surface area contributed by atoms with Gasteiger partial charge in [-0.2, -0.15) is 21.8 Å². The van der Waals surface area contributed by atoms with E-state index in [9.17, 15) is 9.18 Å². The van der Waals surface area contributed by atoms with Crippen LogP contribution in [-0.2, 0) is 11.3 Å². The summed E-state index contributed by atoms with van der Waals surface area (Å²) in [5.41, 5.74) is 0.768. The third kappa shape index (κ3) is 4.07. The first-order valence-corrected chi connectivity index (χ1v) is 9.55. The molecule has 0 unspecified atom stereocenters. The first kappa shape index (κ1) is 18.4. The molecule has 0 aliphatic carbocycles. The van der Waals surface area contributed by atoms with E-state index in [0.717, 1.165) is 5.75 Å². The maximum atomic E-state index is 13.6. The molecule has 0 radical (unpaired) electrons. The monoisotopic (exact) mass is 375 g/mol. The molecule has 0 aliphatic heterocycles. The number of nitrogens with zero attached hydrogens (tertiary/aromatic N) is 3. The molecular formula is C18H22FN5OS. The third-order valence-corrected chi connectivity index (χ3v) is 4.84. The minimum atomic E-state index is -0.268. The predicted octanol–water partition coefficient (Wildman–Crippen LogP) is 3.36. The Bertz CT molecular complexity index is 960. The second kappa shape index (κ2) is 7.49. The molecule has 0 amide bonds. The van der Waals surface area contributed by atoms with Gasteiger partial charge in [-0.05, 0) is 32.4 Å². The summed E-state index contributed by atoms with van der Waals surface area (Å²) in [4.78, 5) is 19.4. The summed E-state index contributed by atoms with van der Waals surface area (Å²) >= 11 is 1.62. The van der Waals surface area contributed by atoms with Crippen LogP contribution in [0.5, 0.6) is 0 Å². The molecule has 138 valence electrons. The Hall–Kier alpha value is -2.35. The quantitative estimate of drug-likeness (QED) is 0.646. The van der Waals surface area contributed by atoms with Gasteiger partial charge in [-0.25, -0.2) is 9.07 Å². The fourth-order valence-electron chi connectivity index (χ4n) is 2.53. The first-order valence-electron chi connectivity index (χ1n) is 8.40. The molecule has 0 bridgehead atoms. The molecule has 26 heavy (non-hydrogen) atoms. The molecule has 2 aromatic heterocycles. The van der Waals surface area contributed by atoms with Gasteiger partial charge in [-0.15, -0.1) is 0 Å². The highest BCUT2D eigenvalue weighted by atomic mass is 32.2. The standard InChI is InChI=1S/C18H22FN5OS/c1-18(2,3)24-15-13(10-21-24)16(25)23-17(22-15)20-8-9-26-11-12-6-4-5-7-14(12)19/h4-7,10H,8-9,11H2,1-3H3,(H2,20,22,23,25). The largest absolute Gasteiger partial charge is 0.355 e. The van der Waals surface area contributed by atoms with Crippen molar-refractivity contribution in [2.24, 2.45) is 0 Å². The van der Waals surface area contributed by atoms with Gasteiger partial charge in [-0.3, -0.25) is 9.78 Å². The maximum absolute atomic E-state index is 13.6. The maximum Gasteiger partial charge on any atom is 0.263 e. The van der Waals surface area contributed by atoms with Crippen LogP contribution in [0.3, 0.4) is 0 Å². The SMILES string of the molecule is CC(C)(C)n1ncc2c(=O)[nH]c(NCCSCc3ccccc3F)nc21. The summed E-state index contributed by atoms with van der Waals surface area (Å²) in [5, 5.41) is 7.88. The zero-order valence-electron chi connectivity index (χ0n) is 15.0.